The van der Waals surface area contributed by atoms with Crippen LogP contribution >= 0.6 is 39.1 Å². The summed E-state index contributed by atoms with van der Waals surface area (Å²) in [6.07, 6.45) is 0.445. The quantitative estimate of drug-likeness (QED) is 0.481. The van der Waals surface area contributed by atoms with Crippen molar-refractivity contribution in [1.82, 2.24) is 0 Å². The minimum absolute atomic E-state index is 0.125. The van der Waals surface area contributed by atoms with Crippen molar-refractivity contribution in [3.05, 3.63) is 92.4 Å². The lowest BCUT2D eigenvalue weighted by Crippen LogP contribution is -2.44. The molecule has 0 fully saturated rings. The van der Waals surface area contributed by atoms with Crippen molar-refractivity contribution in [2.24, 2.45) is 0 Å². The summed E-state index contributed by atoms with van der Waals surface area (Å²) in [5.74, 6) is -0.125. The number of rotatable bonds is 4. The molecule has 136 valence electrons. The first-order valence-electron chi connectivity index (χ1n) is 8.36. The van der Waals surface area contributed by atoms with Crippen LogP contribution in [0.5, 0.6) is 0 Å². The van der Waals surface area contributed by atoms with Gasteiger partial charge in [-0.15, -0.1) is 0 Å². The van der Waals surface area contributed by atoms with E-state index in [1.807, 2.05) is 54.6 Å². The SMILES string of the molecule is O=C1Nc2cc(Cl)ccc2C1(Cc1cccc(Cl)c1)Nc1cccc(Br)c1. The molecule has 0 saturated carbocycles. The first-order valence-corrected chi connectivity index (χ1v) is 9.91. The Morgan fingerprint density at radius 2 is 1.74 bits per heavy atom. The van der Waals surface area contributed by atoms with Crippen LogP contribution in [0.2, 0.25) is 10.0 Å². The maximum atomic E-state index is 13.2. The van der Waals surface area contributed by atoms with Gasteiger partial charge in [0.1, 0.15) is 5.54 Å². The van der Waals surface area contributed by atoms with Crippen molar-refractivity contribution >= 4 is 56.4 Å². The van der Waals surface area contributed by atoms with Gasteiger partial charge in [-0.05, 0) is 48.0 Å². The van der Waals surface area contributed by atoms with E-state index < -0.39 is 5.54 Å². The number of halogens is 3. The van der Waals surface area contributed by atoms with Crippen LogP contribution in [-0.2, 0) is 16.8 Å². The molecule has 27 heavy (non-hydrogen) atoms. The standard InChI is InChI=1S/C21H15BrCl2N2O/c22-14-4-2-6-17(10-14)26-21(12-13-3-1-5-15(23)9-13)18-8-7-16(24)11-19(18)25-20(21)27/h1-11,26H,12H2,(H,25,27). The number of nitrogens with one attached hydrogen (secondary N) is 2. The molecule has 0 saturated heterocycles. The molecule has 1 atom stereocenters. The third-order valence-electron chi connectivity index (χ3n) is 4.62. The minimum Gasteiger partial charge on any atom is -0.367 e. The van der Waals surface area contributed by atoms with Crippen molar-refractivity contribution < 1.29 is 4.79 Å². The van der Waals surface area contributed by atoms with Gasteiger partial charge in [-0.2, -0.15) is 0 Å². The van der Waals surface area contributed by atoms with Gasteiger partial charge in [0, 0.05) is 37.9 Å². The van der Waals surface area contributed by atoms with Crippen molar-refractivity contribution in [2.45, 2.75) is 12.0 Å². The summed E-state index contributed by atoms with van der Waals surface area (Å²) in [5, 5.41) is 7.65. The first-order chi connectivity index (χ1) is 13.0. The fourth-order valence-electron chi connectivity index (χ4n) is 3.45. The van der Waals surface area contributed by atoms with Crippen LogP contribution in [0, 0.1) is 0 Å². The lowest BCUT2D eigenvalue weighted by atomic mass is 9.84. The normalized spacial score (nSPS) is 18.1. The molecule has 1 aliphatic rings. The zero-order valence-electron chi connectivity index (χ0n) is 14.1. The minimum atomic E-state index is -0.967. The van der Waals surface area contributed by atoms with Crippen molar-refractivity contribution in [2.75, 3.05) is 10.6 Å². The third-order valence-corrected chi connectivity index (χ3v) is 5.58. The van der Waals surface area contributed by atoms with Crippen molar-refractivity contribution in [3.8, 4) is 0 Å². The first kappa shape index (κ1) is 18.4. The van der Waals surface area contributed by atoms with E-state index >= 15 is 0 Å². The van der Waals surface area contributed by atoms with Gasteiger partial charge < -0.3 is 10.6 Å². The second-order valence-corrected chi connectivity index (χ2v) is 8.28. The zero-order valence-corrected chi connectivity index (χ0v) is 17.2. The molecule has 0 spiro atoms. The second-order valence-electron chi connectivity index (χ2n) is 6.49. The van der Waals surface area contributed by atoms with E-state index in [2.05, 4.69) is 26.6 Å². The van der Waals surface area contributed by atoms with Gasteiger partial charge in [0.15, 0.2) is 0 Å². The van der Waals surface area contributed by atoms with Crippen molar-refractivity contribution in [3.63, 3.8) is 0 Å². The molecule has 4 rings (SSSR count). The summed E-state index contributed by atoms with van der Waals surface area (Å²) < 4.78 is 0.931. The van der Waals surface area contributed by atoms with Gasteiger partial charge in [0.25, 0.3) is 5.91 Å². The Bertz CT molecular complexity index is 991. The Labute approximate surface area is 175 Å². The molecule has 0 aliphatic carbocycles. The van der Waals surface area contributed by atoms with Gasteiger partial charge in [-0.1, -0.05) is 63.4 Å². The molecule has 0 radical (unpaired) electrons. The number of carbonyl (C=O) groups excluding carboxylic acids is 1. The van der Waals surface area contributed by atoms with Crippen LogP contribution in [0.1, 0.15) is 11.1 Å². The predicted octanol–water partition coefficient (Wildman–Crippen LogP) is 6.26. The molecular weight excluding hydrogens is 447 g/mol. The Hall–Kier alpha value is -2.01. The van der Waals surface area contributed by atoms with Gasteiger partial charge >= 0.3 is 0 Å². The summed E-state index contributed by atoms with van der Waals surface area (Å²) in [7, 11) is 0. The summed E-state index contributed by atoms with van der Waals surface area (Å²) >= 11 is 15.8. The summed E-state index contributed by atoms with van der Waals surface area (Å²) in [5.41, 5.74) is 2.41. The largest absolute Gasteiger partial charge is 0.367 e. The van der Waals surface area contributed by atoms with Crippen molar-refractivity contribution in [1.29, 1.82) is 0 Å². The van der Waals surface area contributed by atoms with Crippen LogP contribution in [0.3, 0.4) is 0 Å². The lowest BCUT2D eigenvalue weighted by Gasteiger charge is -2.30. The number of amides is 1. The average molecular weight is 462 g/mol. The van der Waals surface area contributed by atoms with E-state index in [4.69, 9.17) is 23.2 Å². The fourth-order valence-corrected chi connectivity index (χ4v) is 4.24. The van der Waals surface area contributed by atoms with Crippen LogP contribution in [0.25, 0.3) is 0 Å². The zero-order chi connectivity index (χ0) is 19.0. The summed E-state index contributed by atoms with van der Waals surface area (Å²) in [6, 6.07) is 20.8. The van der Waals surface area contributed by atoms with Gasteiger partial charge in [-0.3, -0.25) is 4.79 Å². The van der Waals surface area contributed by atoms with Gasteiger partial charge in [0.2, 0.25) is 0 Å². The molecule has 1 aliphatic heterocycles. The molecule has 2 N–H and O–H groups in total. The Balaban J connectivity index is 1.84. The second kappa shape index (κ2) is 7.19. The molecule has 0 bridgehead atoms. The number of hydrogen-bond acceptors (Lipinski definition) is 2. The van der Waals surface area contributed by atoms with Crippen LogP contribution < -0.4 is 10.6 Å². The van der Waals surface area contributed by atoms with E-state index in [1.54, 1.807) is 12.1 Å². The molecule has 3 aromatic carbocycles. The van der Waals surface area contributed by atoms with E-state index in [1.165, 1.54) is 0 Å². The average Bonchev–Trinajstić information content (AvgIpc) is 2.86. The molecule has 3 nitrogen and oxygen atoms in total. The molecular formula is C21H15BrCl2N2O. The highest BCUT2D eigenvalue weighted by Gasteiger charge is 2.47. The predicted molar refractivity (Wildman–Crippen MR) is 115 cm³/mol. The Morgan fingerprint density at radius 1 is 0.963 bits per heavy atom. The maximum absolute atomic E-state index is 13.2. The Kier molecular flexibility index (Phi) is 4.89. The maximum Gasteiger partial charge on any atom is 0.255 e. The molecule has 3 aromatic rings. The number of carbonyl (C=O) groups is 1. The number of fused-ring (bicyclic) bond motifs is 1. The smallest absolute Gasteiger partial charge is 0.255 e. The molecule has 0 aromatic heterocycles. The Morgan fingerprint density at radius 3 is 2.52 bits per heavy atom. The number of anilines is 2. The highest BCUT2D eigenvalue weighted by atomic mass is 79.9. The highest BCUT2D eigenvalue weighted by Crippen LogP contribution is 2.42. The molecule has 1 heterocycles. The van der Waals surface area contributed by atoms with E-state index in [0.29, 0.717) is 16.5 Å². The number of benzene rings is 3. The van der Waals surface area contributed by atoms with Gasteiger partial charge in [-0.25, -0.2) is 0 Å². The van der Waals surface area contributed by atoms with Crippen LogP contribution in [0.4, 0.5) is 11.4 Å². The van der Waals surface area contributed by atoms with E-state index in [-0.39, 0.29) is 5.91 Å². The summed E-state index contributed by atoms with van der Waals surface area (Å²) in [4.78, 5) is 13.2. The molecule has 6 heteroatoms. The lowest BCUT2D eigenvalue weighted by molar-refractivity contribution is -0.119. The van der Waals surface area contributed by atoms with E-state index in [9.17, 15) is 4.79 Å². The topological polar surface area (TPSA) is 41.1 Å². The van der Waals surface area contributed by atoms with Crippen LogP contribution in [-0.4, -0.2) is 5.91 Å². The van der Waals surface area contributed by atoms with Gasteiger partial charge in [0.05, 0.1) is 0 Å². The highest BCUT2D eigenvalue weighted by molar-refractivity contribution is 9.10. The van der Waals surface area contributed by atoms with Crippen LogP contribution in [0.15, 0.2) is 71.2 Å². The van der Waals surface area contributed by atoms with E-state index in [0.717, 1.165) is 27.0 Å². The fraction of sp³-hybridized carbons (Fsp3) is 0.0952. The number of hydrogen-bond donors (Lipinski definition) is 2. The summed E-state index contributed by atoms with van der Waals surface area (Å²) in [6.45, 7) is 0. The molecule has 1 amide bonds. The monoisotopic (exact) mass is 460 g/mol. The third kappa shape index (κ3) is 3.57. The molecule has 1 unspecified atom stereocenters.